The Morgan fingerprint density at radius 1 is 1.19 bits per heavy atom. The normalized spacial score (nSPS) is 14.3. The number of aliphatic hydroxyl groups excluding tert-OH is 1. The summed E-state index contributed by atoms with van der Waals surface area (Å²) in [7, 11) is 1.68. The van der Waals surface area contributed by atoms with Crippen LogP contribution in [0.1, 0.15) is 52.4 Å². The molecule has 2 heterocycles. The lowest BCUT2D eigenvalue weighted by Crippen LogP contribution is -2.35. The fraction of sp³-hybridized carbons (Fsp3) is 0.320. The quantitative estimate of drug-likeness (QED) is 0.630. The molecule has 0 aliphatic heterocycles. The molecule has 6 nitrogen and oxygen atoms in total. The molecule has 3 aromatic rings. The second-order valence-electron chi connectivity index (χ2n) is 8.04. The van der Waals surface area contributed by atoms with Crippen LogP contribution in [0.2, 0.25) is 0 Å². The van der Waals surface area contributed by atoms with Gasteiger partial charge >= 0.3 is 0 Å². The molecule has 1 aliphatic rings. The molecule has 4 rings (SSSR count). The number of aliphatic hydroxyl groups is 1. The molecule has 1 fully saturated rings. The Morgan fingerprint density at radius 3 is 2.71 bits per heavy atom. The van der Waals surface area contributed by atoms with Gasteiger partial charge in [-0.05, 0) is 30.9 Å². The number of carbonyl (C=O) groups is 1. The zero-order valence-electron chi connectivity index (χ0n) is 17.6. The van der Waals surface area contributed by atoms with Gasteiger partial charge in [0.25, 0.3) is 5.91 Å². The van der Waals surface area contributed by atoms with Crippen molar-refractivity contribution >= 4 is 5.91 Å². The summed E-state index contributed by atoms with van der Waals surface area (Å²) in [6, 6.07) is 12.0. The van der Waals surface area contributed by atoms with E-state index in [1.54, 1.807) is 25.5 Å². The van der Waals surface area contributed by atoms with E-state index in [2.05, 4.69) is 21.9 Å². The first-order chi connectivity index (χ1) is 15.1. The maximum absolute atomic E-state index is 12.8. The first kappa shape index (κ1) is 20.8. The van der Waals surface area contributed by atoms with Gasteiger partial charge in [0, 0.05) is 44.2 Å². The highest BCUT2D eigenvalue weighted by Crippen LogP contribution is 2.30. The van der Waals surface area contributed by atoms with E-state index in [1.807, 2.05) is 41.2 Å². The Kier molecular flexibility index (Phi) is 6.44. The third-order valence-corrected chi connectivity index (χ3v) is 5.53. The Balaban J connectivity index is 1.38. The molecule has 1 saturated carbocycles. The van der Waals surface area contributed by atoms with Crippen LogP contribution in [0.3, 0.4) is 0 Å². The van der Waals surface area contributed by atoms with Crippen molar-refractivity contribution < 1.29 is 9.90 Å². The van der Waals surface area contributed by atoms with E-state index in [9.17, 15) is 9.90 Å². The highest BCUT2D eigenvalue weighted by Gasteiger charge is 2.19. The van der Waals surface area contributed by atoms with Crippen LogP contribution in [0.15, 0.2) is 61.2 Å². The summed E-state index contributed by atoms with van der Waals surface area (Å²) in [5.74, 6) is 5.98. The van der Waals surface area contributed by atoms with Gasteiger partial charge in [0.05, 0.1) is 29.5 Å². The van der Waals surface area contributed by atoms with Crippen molar-refractivity contribution in [3.63, 3.8) is 0 Å². The molecule has 0 spiro atoms. The lowest BCUT2D eigenvalue weighted by Gasteiger charge is -2.25. The van der Waals surface area contributed by atoms with Crippen molar-refractivity contribution in [1.82, 2.24) is 19.7 Å². The van der Waals surface area contributed by atoms with E-state index in [0.29, 0.717) is 23.6 Å². The molecule has 0 unspecified atom stereocenters. The van der Waals surface area contributed by atoms with Crippen LogP contribution in [0.5, 0.6) is 0 Å². The average molecular weight is 415 g/mol. The minimum Gasteiger partial charge on any atom is -0.391 e. The SMILES string of the molecule is CN(C[C@@H](O)Cc1ccccc1)C(=O)c1cncc(C#Cc2cnn(C3CCC3)c2)c1. The number of likely N-dealkylation sites (N-methyl/N-ethyl adjacent to an activating group) is 1. The van der Waals surface area contributed by atoms with Gasteiger partial charge in [-0.1, -0.05) is 42.2 Å². The number of nitrogens with zero attached hydrogens (tertiary/aromatic N) is 4. The fourth-order valence-electron chi connectivity index (χ4n) is 3.59. The van der Waals surface area contributed by atoms with Crippen LogP contribution in [0.25, 0.3) is 0 Å². The fourth-order valence-corrected chi connectivity index (χ4v) is 3.59. The van der Waals surface area contributed by atoms with Crippen molar-refractivity contribution in [3.8, 4) is 11.8 Å². The van der Waals surface area contributed by atoms with Crippen LogP contribution in [-0.4, -0.2) is 50.4 Å². The van der Waals surface area contributed by atoms with Crippen molar-refractivity contribution in [3.05, 3.63) is 83.4 Å². The zero-order chi connectivity index (χ0) is 21.6. The number of hydrogen-bond acceptors (Lipinski definition) is 4. The molecule has 1 aromatic carbocycles. The van der Waals surface area contributed by atoms with Crippen molar-refractivity contribution in [2.75, 3.05) is 13.6 Å². The summed E-state index contributed by atoms with van der Waals surface area (Å²) < 4.78 is 1.99. The number of aromatic nitrogens is 3. The maximum atomic E-state index is 12.8. The van der Waals surface area contributed by atoms with E-state index < -0.39 is 6.10 Å². The summed E-state index contributed by atoms with van der Waals surface area (Å²) in [6.45, 7) is 0.240. The van der Waals surface area contributed by atoms with Crippen LogP contribution in [0, 0.1) is 11.8 Å². The summed E-state index contributed by atoms with van der Waals surface area (Å²) in [5.41, 5.74) is 3.01. The number of hydrogen-bond donors (Lipinski definition) is 1. The minimum atomic E-state index is -0.639. The molecule has 31 heavy (non-hydrogen) atoms. The molecular formula is C25H26N4O2. The van der Waals surface area contributed by atoms with E-state index >= 15 is 0 Å². The molecule has 2 aromatic heterocycles. The van der Waals surface area contributed by atoms with E-state index in [0.717, 1.165) is 11.1 Å². The van der Waals surface area contributed by atoms with Gasteiger partial charge in [-0.2, -0.15) is 5.10 Å². The number of rotatable bonds is 6. The topological polar surface area (TPSA) is 71.2 Å². The van der Waals surface area contributed by atoms with Crippen molar-refractivity contribution in [1.29, 1.82) is 0 Å². The van der Waals surface area contributed by atoms with Gasteiger partial charge in [-0.25, -0.2) is 0 Å². The van der Waals surface area contributed by atoms with Crippen LogP contribution in [0.4, 0.5) is 0 Å². The number of benzene rings is 1. The lowest BCUT2D eigenvalue weighted by atomic mass is 9.93. The molecule has 6 heteroatoms. The number of amides is 1. The summed E-state index contributed by atoms with van der Waals surface area (Å²) >= 11 is 0. The molecule has 1 amide bonds. The Hall–Kier alpha value is -3.43. The van der Waals surface area contributed by atoms with E-state index in [4.69, 9.17) is 0 Å². The highest BCUT2D eigenvalue weighted by atomic mass is 16.3. The molecule has 0 bridgehead atoms. The van der Waals surface area contributed by atoms with Gasteiger partial charge in [-0.15, -0.1) is 0 Å². The predicted molar refractivity (Wildman–Crippen MR) is 118 cm³/mol. The molecule has 0 saturated heterocycles. The number of pyridine rings is 1. The molecule has 1 aliphatic carbocycles. The predicted octanol–water partition coefficient (Wildman–Crippen LogP) is 3.08. The molecule has 158 valence electrons. The standard InChI is InChI=1S/C25H26N4O2/c1-28(18-24(30)13-19-6-3-2-4-7-19)25(31)22-12-20(14-26-16-22)10-11-21-15-27-29(17-21)23-8-5-9-23/h2-4,6-7,12,14-17,23-24,30H,5,8-9,13,18H2,1H3/t24-/m0/s1. The van der Waals surface area contributed by atoms with Crippen LogP contribution >= 0.6 is 0 Å². The summed E-state index contributed by atoms with van der Waals surface area (Å²) in [6.07, 6.45) is 10.4. The van der Waals surface area contributed by atoms with Gasteiger partial charge in [0.15, 0.2) is 0 Å². The minimum absolute atomic E-state index is 0.193. The first-order valence-electron chi connectivity index (χ1n) is 10.6. The second kappa shape index (κ2) is 9.59. The molecule has 1 N–H and O–H groups in total. The summed E-state index contributed by atoms with van der Waals surface area (Å²) in [4.78, 5) is 18.5. The molecule has 1 atom stereocenters. The zero-order valence-corrected chi connectivity index (χ0v) is 17.6. The van der Waals surface area contributed by atoms with Gasteiger partial charge < -0.3 is 10.0 Å². The average Bonchev–Trinajstić information content (AvgIpc) is 3.19. The monoisotopic (exact) mass is 414 g/mol. The first-order valence-corrected chi connectivity index (χ1v) is 10.6. The van der Waals surface area contributed by atoms with Crippen molar-refractivity contribution in [2.24, 2.45) is 0 Å². The third-order valence-electron chi connectivity index (χ3n) is 5.53. The Bertz CT molecular complexity index is 1090. The van der Waals surface area contributed by atoms with Gasteiger partial charge in [0.2, 0.25) is 0 Å². The second-order valence-corrected chi connectivity index (χ2v) is 8.04. The van der Waals surface area contributed by atoms with Crippen molar-refractivity contribution in [2.45, 2.75) is 37.8 Å². The summed E-state index contributed by atoms with van der Waals surface area (Å²) in [5, 5.41) is 14.7. The Morgan fingerprint density at radius 2 is 1.97 bits per heavy atom. The van der Waals surface area contributed by atoms with Crippen LogP contribution in [-0.2, 0) is 6.42 Å². The molecular weight excluding hydrogens is 388 g/mol. The lowest BCUT2D eigenvalue weighted by molar-refractivity contribution is 0.0681. The largest absolute Gasteiger partial charge is 0.391 e. The van der Waals surface area contributed by atoms with E-state index in [1.165, 1.54) is 30.4 Å². The smallest absolute Gasteiger partial charge is 0.255 e. The van der Waals surface area contributed by atoms with Crippen LogP contribution < -0.4 is 0 Å². The number of carbonyl (C=O) groups excluding carboxylic acids is 1. The molecule has 0 radical (unpaired) electrons. The van der Waals surface area contributed by atoms with E-state index in [-0.39, 0.29) is 12.5 Å². The van der Waals surface area contributed by atoms with Gasteiger partial charge in [0.1, 0.15) is 0 Å². The third kappa shape index (κ3) is 5.39. The highest BCUT2D eigenvalue weighted by molar-refractivity contribution is 5.94. The maximum Gasteiger partial charge on any atom is 0.255 e. The Labute approximate surface area is 182 Å². The van der Waals surface area contributed by atoms with Gasteiger partial charge in [-0.3, -0.25) is 14.5 Å².